The van der Waals surface area contributed by atoms with Gasteiger partial charge in [-0.3, -0.25) is 24.3 Å². The Morgan fingerprint density at radius 2 is 1.85 bits per heavy atom. The molecule has 6 rings (SSSR count). The van der Waals surface area contributed by atoms with E-state index in [-0.39, 0.29) is 35.4 Å². The lowest BCUT2D eigenvalue weighted by molar-refractivity contribution is -0.146. The number of nitrogen functional groups attached to an aromatic ring is 1. The zero-order valence-corrected chi connectivity index (χ0v) is 22.3. The van der Waals surface area contributed by atoms with Crippen molar-refractivity contribution in [2.75, 3.05) is 64.6 Å². The van der Waals surface area contributed by atoms with Crippen molar-refractivity contribution in [2.24, 2.45) is 5.92 Å². The van der Waals surface area contributed by atoms with Crippen molar-refractivity contribution >= 4 is 23.3 Å². The third-order valence-corrected chi connectivity index (χ3v) is 9.01. The fraction of sp³-hybridized carbons (Fsp3) is 0.692. The van der Waals surface area contributed by atoms with E-state index in [0.29, 0.717) is 45.1 Å². The molecular formula is C26H37F2N9O2. The molecule has 0 aliphatic carbocycles. The van der Waals surface area contributed by atoms with Gasteiger partial charge < -0.3 is 16.0 Å². The molecule has 212 valence electrons. The molecule has 4 fully saturated rings. The van der Waals surface area contributed by atoms with Gasteiger partial charge in [-0.2, -0.15) is 0 Å². The van der Waals surface area contributed by atoms with Crippen LogP contribution in [-0.4, -0.2) is 129 Å². The third-order valence-electron chi connectivity index (χ3n) is 9.01. The summed E-state index contributed by atoms with van der Waals surface area (Å²) < 4.78 is 30.4. The van der Waals surface area contributed by atoms with Crippen LogP contribution in [0.2, 0.25) is 0 Å². The number of halogens is 2. The summed E-state index contributed by atoms with van der Waals surface area (Å²) >= 11 is 0. The molecule has 0 radical (unpaired) electrons. The van der Waals surface area contributed by atoms with E-state index in [0.717, 1.165) is 43.1 Å². The predicted molar refractivity (Wildman–Crippen MR) is 140 cm³/mol. The van der Waals surface area contributed by atoms with Gasteiger partial charge in [0, 0.05) is 38.1 Å². The van der Waals surface area contributed by atoms with Crippen molar-refractivity contribution in [3.63, 3.8) is 0 Å². The van der Waals surface area contributed by atoms with Crippen molar-refractivity contribution in [3.8, 4) is 0 Å². The van der Waals surface area contributed by atoms with E-state index in [4.69, 9.17) is 5.73 Å². The minimum atomic E-state index is -1.17. The van der Waals surface area contributed by atoms with Crippen LogP contribution in [0.5, 0.6) is 0 Å². The molecule has 0 saturated carbocycles. The first-order valence-corrected chi connectivity index (χ1v) is 14.1. The molecule has 11 nitrogen and oxygen atoms in total. The highest BCUT2D eigenvalue weighted by Crippen LogP contribution is 2.30. The van der Waals surface area contributed by atoms with E-state index in [9.17, 15) is 14.0 Å². The zero-order valence-electron chi connectivity index (χ0n) is 22.3. The summed E-state index contributed by atoms with van der Waals surface area (Å²) in [5.74, 6) is -0.993. The van der Waals surface area contributed by atoms with Gasteiger partial charge in [0.25, 0.3) is 5.91 Å². The number of nitrogens with zero attached hydrogens (tertiary/aromatic N) is 7. The highest BCUT2D eigenvalue weighted by atomic mass is 19.1. The molecular weight excluding hydrogens is 508 g/mol. The molecule has 4 aliphatic heterocycles. The number of carbonyl (C=O) groups is 2. The van der Waals surface area contributed by atoms with Gasteiger partial charge in [-0.25, -0.2) is 18.3 Å². The fourth-order valence-corrected chi connectivity index (χ4v) is 6.60. The Kier molecular flexibility index (Phi) is 7.15. The Morgan fingerprint density at radius 1 is 1.10 bits per heavy atom. The van der Waals surface area contributed by atoms with Gasteiger partial charge in [-0.15, -0.1) is 5.10 Å². The second kappa shape index (κ2) is 10.6. The fourth-order valence-electron chi connectivity index (χ4n) is 6.60. The van der Waals surface area contributed by atoms with Gasteiger partial charge >= 0.3 is 0 Å². The van der Waals surface area contributed by atoms with E-state index >= 15 is 4.39 Å². The normalized spacial score (nSPS) is 27.9. The molecule has 6 heterocycles. The molecule has 4 aliphatic rings. The molecule has 0 bridgehead atoms. The van der Waals surface area contributed by atoms with Crippen LogP contribution in [0.4, 0.5) is 14.6 Å². The van der Waals surface area contributed by atoms with Crippen LogP contribution < -0.4 is 11.1 Å². The number of anilines is 1. The van der Waals surface area contributed by atoms with Crippen LogP contribution in [0.15, 0.2) is 12.4 Å². The van der Waals surface area contributed by atoms with Gasteiger partial charge in [0.2, 0.25) is 5.91 Å². The number of alkyl halides is 1. The van der Waals surface area contributed by atoms with E-state index in [2.05, 4.69) is 25.2 Å². The maximum absolute atomic E-state index is 15.7. The first-order valence-electron chi connectivity index (χ1n) is 14.1. The smallest absolute Gasteiger partial charge is 0.259 e. The summed E-state index contributed by atoms with van der Waals surface area (Å²) in [7, 11) is 0. The molecule has 39 heavy (non-hydrogen) atoms. The van der Waals surface area contributed by atoms with Crippen LogP contribution in [0.25, 0.3) is 5.65 Å². The average molecular weight is 546 g/mol. The molecule has 3 N–H and O–H groups in total. The number of likely N-dealkylation sites (N-methyl/N-ethyl adjacent to an activating group) is 1. The maximum atomic E-state index is 15.7. The standard InChI is InChI=1S/C26H37F2N9O2/c1-2-33-14-19(28)22(20(15-33)31-25(38)21-23(29)32-37-11-17(27)10-30-24(21)37)35-8-4-16(5-9-35)26(39)36-12-18(13-36)34-6-3-7-34/h10-11,16,18-20,22H,2-9,12-15H2,1H3,(H2,29,32)(H,31,38). The Balaban J connectivity index is 1.12. The molecule has 2 amide bonds. The number of likely N-dealkylation sites (tertiary alicyclic amines) is 4. The van der Waals surface area contributed by atoms with Gasteiger partial charge in [-0.05, 0) is 52.0 Å². The number of carbonyl (C=O) groups excluding carboxylic acids is 2. The number of hydrogen-bond donors (Lipinski definition) is 2. The maximum Gasteiger partial charge on any atom is 0.259 e. The topological polar surface area (TPSA) is 115 Å². The van der Waals surface area contributed by atoms with Crippen LogP contribution in [0.3, 0.4) is 0 Å². The zero-order chi connectivity index (χ0) is 27.3. The predicted octanol–water partition coefficient (Wildman–Crippen LogP) is 0.220. The van der Waals surface area contributed by atoms with Crippen LogP contribution in [-0.2, 0) is 4.79 Å². The lowest BCUT2D eigenvalue weighted by atomic mass is 9.88. The summed E-state index contributed by atoms with van der Waals surface area (Å²) in [5.41, 5.74) is 6.19. The largest absolute Gasteiger partial charge is 0.381 e. The quantitative estimate of drug-likeness (QED) is 0.530. The lowest BCUT2D eigenvalue weighted by Crippen LogP contribution is -2.67. The van der Waals surface area contributed by atoms with E-state index in [1.54, 1.807) is 0 Å². The van der Waals surface area contributed by atoms with Crippen LogP contribution >= 0.6 is 0 Å². The van der Waals surface area contributed by atoms with Crippen LogP contribution in [0.1, 0.15) is 36.5 Å². The minimum absolute atomic E-state index is 0.0366. The Hall–Kier alpha value is -2.90. The Morgan fingerprint density at radius 3 is 2.51 bits per heavy atom. The molecule has 0 spiro atoms. The van der Waals surface area contributed by atoms with Crippen molar-refractivity contribution in [1.29, 1.82) is 0 Å². The van der Waals surface area contributed by atoms with Crippen molar-refractivity contribution < 1.29 is 18.4 Å². The number of rotatable bonds is 6. The van der Waals surface area contributed by atoms with Gasteiger partial charge in [0.15, 0.2) is 17.3 Å². The Bertz CT molecular complexity index is 1220. The number of amides is 2. The molecule has 4 saturated heterocycles. The summed E-state index contributed by atoms with van der Waals surface area (Å²) in [5, 5.41) is 7.01. The number of nitrogens with two attached hydrogens (primary N) is 1. The summed E-state index contributed by atoms with van der Waals surface area (Å²) in [4.78, 5) is 39.0. The minimum Gasteiger partial charge on any atom is -0.381 e. The second-order valence-corrected chi connectivity index (χ2v) is 11.3. The molecule has 2 aromatic heterocycles. The third kappa shape index (κ3) is 4.95. The molecule has 3 unspecified atom stereocenters. The molecule has 2 aromatic rings. The summed E-state index contributed by atoms with van der Waals surface area (Å²) in [6, 6.07) is -0.517. The second-order valence-electron chi connectivity index (χ2n) is 11.3. The SMILES string of the molecule is CCN1CC(F)C(N2CCC(C(=O)N3CC(N4CCC4)C3)CC2)C(NC(=O)c2c(N)nn3cc(F)cnc23)C1. The lowest BCUT2D eigenvalue weighted by Gasteiger charge is -2.51. The number of hydrogen-bond acceptors (Lipinski definition) is 8. The highest BCUT2D eigenvalue weighted by molar-refractivity contribution is 6.04. The highest BCUT2D eigenvalue weighted by Gasteiger charge is 2.44. The summed E-state index contributed by atoms with van der Waals surface area (Å²) in [6.07, 6.45) is 3.55. The van der Waals surface area contributed by atoms with Gasteiger partial charge in [0.1, 0.15) is 11.7 Å². The van der Waals surface area contributed by atoms with Gasteiger partial charge in [0.05, 0.1) is 24.5 Å². The van der Waals surface area contributed by atoms with E-state index in [1.165, 1.54) is 6.42 Å². The van der Waals surface area contributed by atoms with E-state index < -0.39 is 30.0 Å². The first kappa shape index (κ1) is 26.3. The van der Waals surface area contributed by atoms with Crippen molar-refractivity contribution in [2.45, 2.75) is 50.5 Å². The van der Waals surface area contributed by atoms with Gasteiger partial charge in [-0.1, -0.05) is 6.92 Å². The average Bonchev–Trinajstić information content (AvgIpc) is 3.19. The number of aromatic nitrogens is 3. The van der Waals surface area contributed by atoms with Crippen LogP contribution in [0, 0.1) is 11.7 Å². The first-order chi connectivity index (χ1) is 18.8. The number of fused-ring (bicyclic) bond motifs is 1. The Labute approximate surface area is 226 Å². The monoisotopic (exact) mass is 545 g/mol. The molecule has 3 atom stereocenters. The molecule has 0 aromatic carbocycles. The van der Waals surface area contributed by atoms with Crippen molar-refractivity contribution in [1.82, 2.24) is 39.5 Å². The number of piperidine rings is 2. The van der Waals surface area contributed by atoms with Crippen molar-refractivity contribution in [3.05, 3.63) is 23.8 Å². The van der Waals surface area contributed by atoms with E-state index in [1.807, 2.05) is 16.7 Å². The summed E-state index contributed by atoms with van der Waals surface area (Å²) in [6.45, 7) is 8.53. The molecule has 13 heteroatoms. The number of nitrogens with one attached hydrogen (secondary N) is 1.